The van der Waals surface area contributed by atoms with Gasteiger partial charge in [-0.15, -0.1) is 11.8 Å². The van der Waals surface area contributed by atoms with Gasteiger partial charge < -0.3 is 16.0 Å². The van der Waals surface area contributed by atoms with Gasteiger partial charge in [0.15, 0.2) is 0 Å². The van der Waals surface area contributed by atoms with Crippen LogP contribution in [0.15, 0.2) is 41.3 Å². The van der Waals surface area contributed by atoms with Crippen LogP contribution in [0.4, 0.5) is 11.4 Å². The third-order valence-electron chi connectivity index (χ3n) is 4.21. The summed E-state index contributed by atoms with van der Waals surface area (Å²) in [6.45, 7) is 1.77. The molecule has 6 nitrogen and oxygen atoms in total. The van der Waals surface area contributed by atoms with E-state index >= 15 is 0 Å². The number of hydrogen-bond donors (Lipinski definition) is 3. The summed E-state index contributed by atoms with van der Waals surface area (Å²) in [6.07, 6.45) is 0.0161. The molecule has 1 aliphatic heterocycles. The van der Waals surface area contributed by atoms with Crippen molar-refractivity contribution >= 4 is 52.5 Å². The van der Waals surface area contributed by atoms with Gasteiger partial charge in [0.25, 0.3) is 5.91 Å². The summed E-state index contributed by atoms with van der Waals surface area (Å²) in [4.78, 5) is 37.5. The van der Waals surface area contributed by atoms with E-state index in [-0.39, 0.29) is 24.1 Å². The average molecular weight is 404 g/mol. The highest BCUT2D eigenvalue weighted by atomic mass is 35.5. The quantitative estimate of drug-likeness (QED) is 0.729. The lowest BCUT2D eigenvalue weighted by Crippen LogP contribution is -2.32. The molecule has 27 heavy (non-hydrogen) atoms. The second-order valence-corrected chi connectivity index (χ2v) is 7.73. The van der Waals surface area contributed by atoms with Crippen LogP contribution in [0.1, 0.15) is 22.3 Å². The van der Waals surface area contributed by atoms with Crippen molar-refractivity contribution in [3.63, 3.8) is 0 Å². The topological polar surface area (TPSA) is 87.3 Å². The Labute approximate surface area is 166 Å². The zero-order valence-electron chi connectivity index (χ0n) is 14.8. The maximum absolute atomic E-state index is 12.5. The summed E-state index contributed by atoms with van der Waals surface area (Å²) >= 11 is 7.28. The van der Waals surface area contributed by atoms with Gasteiger partial charge in [-0.05, 0) is 42.8 Å². The number of amides is 3. The minimum absolute atomic E-state index is 0.0161. The van der Waals surface area contributed by atoms with Crippen LogP contribution in [0, 0.1) is 6.92 Å². The molecular weight excluding hydrogens is 386 g/mol. The Morgan fingerprint density at radius 1 is 1.26 bits per heavy atom. The number of halogens is 1. The fourth-order valence-corrected chi connectivity index (χ4v) is 4.04. The SMILES string of the molecule is CNC(=O)c1cccc(NC(=O)CC2Sc3ccc(Cl)cc3NC2=O)c1C. The van der Waals surface area contributed by atoms with Crippen LogP contribution in [0.2, 0.25) is 5.02 Å². The molecule has 3 amide bonds. The van der Waals surface area contributed by atoms with E-state index in [0.29, 0.717) is 27.5 Å². The Morgan fingerprint density at radius 3 is 2.78 bits per heavy atom. The van der Waals surface area contributed by atoms with E-state index in [0.717, 1.165) is 4.90 Å². The molecule has 3 N–H and O–H groups in total. The Hall–Kier alpha value is -2.51. The van der Waals surface area contributed by atoms with Gasteiger partial charge in [-0.25, -0.2) is 0 Å². The number of carbonyl (C=O) groups is 3. The van der Waals surface area contributed by atoms with Gasteiger partial charge in [0.1, 0.15) is 0 Å². The molecule has 0 aromatic heterocycles. The van der Waals surface area contributed by atoms with E-state index in [2.05, 4.69) is 16.0 Å². The highest BCUT2D eigenvalue weighted by Crippen LogP contribution is 2.38. The molecule has 1 heterocycles. The van der Waals surface area contributed by atoms with Crippen LogP contribution in [0.5, 0.6) is 0 Å². The van der Waals surface area contributed by atoms with Crippen LogP contribution in [0.25, 0.3) is 0 Å². The number of benzene rings is 2. The van der Waals surface area contributed by atoms with Crippen LogP contribution >= 0.6 is 23.4 Å². The highest BCUT2D eigenvalue weighted by molar-refractivity contribution is 8.01. The van der Waals surface area contributed by atoms with E-state index in [1.165, 1.54) is 11.8 Å². The van der Waals surface area contributed by atoms with E-state index < -0.39 is 5.25 Å². The van der Waals surface area contributed by atoms with Crippen molar-refractivity contribution < 1.29 is 14.4 Å². The first-order valence-electron chi connectivity index (χ1n) is 8.27. The van der Waals surface area contributed by atoms with E-state index in [4.69, 9.17) is 11.6 Å². The molecule has 1 unspecified atom stereocenters. The van der Waals surface area contributed by atoms with Crippen LogP contribution in [-0.2, 0) is 9.59 Å². The van der Waals surface area contributed by atoms with Crippen LogP contribution in [0.3, 0.4) is 0 Å². The van der Waals surface area contributed by atoms with E-state index in [9.17, 15) is 14.4 Å². The molecule has 8 heteroatoms. The number of carbonyl (C=O) groups excluding carboxylic acids is 3. The molecule has 140 valence electrons. The van der Waals surface area contributed by atoms with Gasteiger partial charge in [0, 0.05) is 34.6 Å². The Morgan fingerprint density at radius 2 is 2.04 bits per heavy atom. The first-order valence-corrected chi connectivity index (χ1v) is 9.53. The monoisotopic (exact) mass is 403 g/mol. The smallest absolute Gasteiger partial charge is 0.251 e. The summed E-state index contributed by atoms with van der Waals surface area (Å²) in [5.74, 6) is -0.751. The maximum atomic E-state index is 12.5. The first kappa shape index (κ1) is 19.3. The van der Waals surface area contributed by atoms with Crippen molar-refractivity contribution in [2.24, 2.45) is 0 Å². The maximum Gasteiger partial charge on any atom is 0.251 e. The molecule has 0 spiro atoms. The Bertz CT molecular complexity index is 932. The van der Waals surface area contributed by atoms with Crippen molar-refractivity contribution in [3.05, 3.63) is 52.5 Å². The number of thioether (sulfide) groups is 1. The summed E-state index contributed by atoms with van der Waals surface area (Å²) in [6, 6.07) is 10.4. The zero-order valence-corrected chi connectivity index (χ0v) is 16.3. The van der Waals surface area contributed by atoms with Crippen molar-refractivity contribution in [2.45, 2.75) is 23.5 Å². The van der Waals surface area contributed by atoms with Gasteiger partial charge >= 0.3 is 0 Å². The molecule has 1 atom stereocenters. The molecule has 0 fully saturated rings. The fraction of sp³-hybridized carbons (Fsp3) is 0.211. The molecule has 0 bridgehead atoms. The lowest BCUT2D eigenvalue weighted by molar-refractivity contribution is -0.120. The number of nitrogens with one attached hydrogen (secondary N) is 3. The van der Waals surface area contributed by atoms with Crippen molar-refractivity contribution in [1.82, 2.24) is 5.32 Å². The zero-order chi connectivity index (χ0) is 19.6. The van der Waals surface area contributed by atoms with Gasteiger partial charge in [-0.3, -0.25) is 14.4 Å². The van der Waals surface area contributed by atoms with E-state index in [1.807, 2.05) is 6.07 Å². The third kappa shape index (κ3) is 4.26. The second kappa shape index (κ2) is 8.02. The normalized spacial score (nSPS) is 15.5. The third-order valence-corrected chi connectivity index (χ3v) is 5.72. The first-order chi connectivity index (χ1) is 12.9. The van der Waals surface area contributed by atoms with E-state index in [1.54, 1.807) is 44.3 Å². The summed E-state index contributed by atoms with van der Waals surface area (Å²) in [5, 5.41) is 8.15. The molecule has 0 aliphatic carbocycles. The molecular formula is C19H18ClN3O3S. The Kier molecular flexibility index (Phi) is 5.72. The van der Waals surface area contributed by atoms with Gasteiger partial charge in [0.05, 0.1) is 10.9 Å². The molecule has 0 saturated heterocycles. The lowest BCUT2D eigenvalue weighted by atomic mass is 10.1. The summed E-state index contributed by atoms with van der Waals surface area (Å²) < 4.78 is 0. The predicted octanol–water partition coefficient (Wildman–Crippen LogP) is 3.45. The minimum atomic E-state index is -0.541. The fourth-order valence-electron chi connectivity index (χ4n) is 2.78. The second-order valence-electron chi connectivity index (χ2n) is 6.05. The summed E-state index contributed by atoms with van der Waals surface area (Å²) in [7, 11) is 1.55. The van der Waals surface area contributed by atoms with Crippen LogP contribution in [-0.4, -0.2) is 30.0 Å². The van der Waals surface area contributed by atoms with Gasteiger partial charge in [-0.1, -0.05) is 17.7 Å². The summed E-state index contributed by atoms with van der Waals surface area (Å²) in [5.41, 5.74) is 2.37. The highest BCUT2D eigenvalue weighted by Gasteiger charge is 2.29. The molecule has 0 saturated carbocycles. The van der Waals surface area contributed by atoms with Crippen molar-refractivity contribution in [2.75, 3.05) is 17.7 Å². The van der Waals surface area contributed by atoms with Gasteiger partial charge in [0.2, 0.25) is 11.8 Å². The van der Waals surface area contributed by atoms with Crippen molar-refractivity contribution in [3.8, 4) is 0 Å². The minimum Gasteiger partial charge on any atom is -0.355 e. The Balaban J connectivity index is 1.71. The molecule has 3 rings (SSSR count). The largest absolute Gasteiger partial charge is 0.355 e. The number of anilines is 2. The number of fused-ring (bicyclic) bond motifs is 1. The van der Waals surface area contributed by atoms with Gasteiger partial charge in [-0.2, -0.15) is 0 Å². The lowest BCUT2D eigenvalue weighted by Gasteiger charge is -2.24. The number of hydrogen-bond acceptors (Lipinski definition) is 4. The molecule has 2 aromatic rings. The predicted molar refractivity (Wildman–Crippen MR) is 108 cm³/mol. The number of rotatable bonds is 4. The molecule has 2 aromatic carbocycles. The van der Waals surface area contributed by atoms with Crippen LogP contribution < -0.4 is 16.0 Å². The molecule has 1 aliphatic rings. The van der Waals surface area contributed by atoms with Crippen molar-refractivity contribution in [1.29, 1.82) is 0 Å². The average Bonchev–Trinajstić information content (AvgIpc) is 2.63. The standard InChI is InChI=1S/C19H18ClN3O3S/c1-10-12(18(25)21-2)4-3-5-13(10)22-17(24)9-16-19(26)23-14-8-11(20)6-7-15(14)27-16/h3-8,16H,9H2,1-2H3,(H,21,25)(H,22,24)(H,23,26). The molecule has 0 radical (unpaired) electrons.